The molecule has 2 rings (SSSR count). The second-order valence-corrected chi connectivity index (χ2v) is 5.31. The lowest BCUT2D eigenvalue weighted by molar-refractivity contribution is 0.838. The van der Waals surface area contributed by atoms with Crippen molar-refractivity contribution < 1.29 is 0 Å². The van der Waals surface area contributed by atoms with Crippen molar-refractivity contribution in [3.8, 4) is 0 Å². The molecule has 0 nitrogen and oxygen atoms in total. The Morgan fingerprint density at radius 1 is 1.09 bits per heavy atom. The van der Waals surface area contributed by atoms with Crippen molar-refractivity contribution >= 4 is 46.4 Å². The predicted molar refractivity (Wildman–Crippen MR) is 49.5 cm³/mol. The molecule has 0 heterocycles. The Bertz CT molecular complexity index is 237. The molecule has 1 atom stereocenters. The Hall–Kier alpha value is 0.900. The molecule has 4 heteroatoms. The molecule has 62 valence electrons. The fourth-order valence-corrected chi connectivity index (χ4v) is 2.83. The molecule has 0 bridgehead atoms. The Morgan fingerprint density at radius 2 is 1.64 bits per heavy atom. The number of rotatable bonds is 1. The zero-order valence-corrected chi connectivity index (χ0v) is 8.66. The topological polar surface area (TPSA) is 0 Å². The average Bonchev–Trinajstić information content (AvgIpc) is 2.76. The van der Waals surface area contributed by atoms with Gasteiger partial charge in [0.2, 0.25) is 0 Å². The molecule has 0 radical (unpaired) electrons. The summed E-state index contributed by atoms with van der Waals surface area (Å²) in [7, 11) is 0. The Kier molecular flexibility index (Phi) is 1.72. The van der Waals surface area contributed by atoms with E-state index in [2.05, 4.69) is 0 Å². The molecule has 2 fully saturated rings. The first-order chi connectivity index (χ1) is 5.02. The van der Waals surface area contributed by atoms with Crippen LogP contribution in [-0.2, 0) is 0 Å². The van der Waals surface area contributed by atoms with Crippen molar-refractivity contribution in [3.05, 3.63) is 9.52 Å². The maximum Gasteiger partial charge on any atom is 0.123 e. The van der Waals surface area contributed by atoms with Gasteiger partial charge in [-0.2, -0.15) is 0 Å². The molecule has 0 unspecified atom stereocenters. The SMILES string of the molecule is ClC(Cl)=C(Cl)[C@]1(Cl)CC12CC2. The van der Waals surface area contributed by atoms with E-state index in [1.54, 1.807) is 0 Å². The van der Waals surface area contributed by atoms with Gasteiger partial charge in [0.1, 0.15) is 4.49 Å². The summed E-state index contributed by atoms with van der Waals surface area (Å²) in [6, 6.07) is 0. The van der Waals surface area contributed by atoms with E-state index in [9.17, 15) is 0 Å². The van der Waals surface area contributed by atoms with Crippen LogP contribution in [0.4, 0.5) is 0 Å². The summed E-state index contributed by atoms with van der Waals surface area (Å²) >= 11 is 23.1. The van der Waals surface area contributed by atoms with Crippen molar-refractivity contribution in [2.45, 2.75) is 24.1 Å². The molecule has 0 aromatic heterocycles. The van der Waals surface area contributed by atoms with Gasteiger partial charge in [-0.25, -0.2) is 0 Å². The van der Waals surface area contributed by atoms with Crippen LogP contribution < -0.4 is 0 Å². The van der Waals surface area contributed by atoms with E-state index in [0.717, 1.165) is 19.3 Å². The third-order valence-electron chi connectivity index (χ3n) is 2.66. The monoisotopic (exact) mass is 230 g/mol. The van der Waals surface area contributed by atoms with Gasteiger partial charge >= 0.3 is 0 Å². The van der Waals surface area contributed by atoms with Crippen LogP contribution in [0.1, 0.15) is 19.3 Å². The van der Waals surface area contributed by atoms with E-state index < -0.39 is 4.87 Å². The maximum atomic E-state index is 6.19. The van der Waals surface area contributed by atoms with Gasteiger partial charge in [-0.1, -0.05) is 34.8 Å². The van der Waals surface area contributed by atoms with Crippen molar-refractivity contribution in [1.82, 2.24) is 0 Å². The molecule has 0 amide bonds. The van der Waals surface area contributed by atoms with Crippen LogP contribution in [0, 0.1) is 5.41 Å². The van der Waals surface area contributed by atoms with Crippen molar-refractivity contribution in [3.63, 3.8) is 0 Å². The van der Waals surface area contributed by atoms with Crippen LogP contribution in [0.5, 0.6) is 0 Å². The Morgan fingerprint density at radius 3 is 1.91 bits per heavy atom. The number of allylic oxidation sites excluding steroid dienone is 1. The molecule has 0 aromatic rings. The second kappa shape index (κ2) is 2.23. The second-order valence-electron chi connectivity index (χ2n) is 3.33. The molecule has 2 aliphatic rings. The zero-order chi connectivity index (χ0) is 8.28. The molecule has 2 aliphatic carbocycles. The zero-order valence-electron chi connectivity index (χ0n) is 5.63. The first-order valence-electron chi connectivity index (χ1n) is 3.42. The number of hydrogen-bond donors (Lipinski definition) is 0. The van der Waals surface area contributed by atoms with Gasteiger partial charge in [0.05, 0.1) is 9.91 Å². The maximum absolute atomic E-state index is 6.19. The lowest BCUT2D eigenvalue weighted by atomic mass is 10.3. The smallest absolute Gasteiger partial charge is 0.112 e. The Balaban J connectivity index is 2.24. The summed E-state index contributed by atoms with van der Waals surface area (Å²) < 4.78 is 0.116. The lowest BCUT2D eigenvalue weighted by Crippen LogP contribution is -2.03. The van der Waals surface area contributed by atoms with E-state index in [1.165, 1.54) is 0 Å². The standard InChI is InChI=1S/C7H6Cl4/c8-4(5(9)10)7(11)3-6(7)1-2-6/h1-3H2/t7-/m1/s1. The molecule has 1 spiro atoms. The van der Waals surface area contributed by atoms with Gasteiger partial charge in [0.25, 0.3) is 0 Å². The fraction of sp³-hybridized carbons (Fsp3) is 0.714. The highest BCUT2D eigenvalue weighted by Gasteiger charge is 2.75. The van der Waals surface area contributed by atoms with Crippen LogP contribution in [0.25, 0.3) is 0 Å². The molecule has 0 aromatic carbocycles. The minimum Gasteiger partial charge on any atom is -0.112 e. The largest absolute Gasteiger partial charge is 0.123 e. The normalized spacial score (nSPS) is 37.1. The summed E-state index contributed by atoms with van der Waals surface area (Å²) in [6.07, 6.45) is 3.25. The van der Waals surface area contributed by atoms with Crippen LogP contribution in [0.3, 0.4) is 0 Å². The molecule has 2 saturated carbocycles. The van der Waals surface area contributed by atoms with E-state index in [1.807, 2.05) is 0 Å². The van der Waals surface area contributed by atoms with Crippen LogP contribution >= 0.6 is 46.4 Å². The highest BCUT2D eigenvalue weighted by molar-refractivity contribution is 6.61. The van der Waals surface area contributed by atoms with Gasteiger partial charge in [-0.3, -0.25) is 0 Å². The summed E-state index contributed by atoms with van der Waals surface area (Å²) in [5.74, 6) is 0. The quantitative estimate of drug-likeness (QED) is 0.598. The molecular formula is C7H6Cl4. The summed E-state index contributed by atoms with van der Waals surface area (Å²) in [6.45, 7) is 0. The van der Waals surface area contributed by atoms with E-state index in [4.69, 9.17) is 46.4 Å². The van der Waals surface area contributed by atoms with Gasteiger partial charge in [0, 0.05) is 0 Å². The molecule has 0 aliphatic heterocycles. The van der Waals surface area contributed by atoms with Crippen molar-refractivity contribution in [2.75, 3.05) is 0 Å². The van der Waals surface area contributed by atoms with E-state index in [0.29, 0.717) is 5.03 Å². The van der Waals surface area contributed by atoms with Crippen LogP contribution in [-0.4, -0.2) is 4.87 Å². The van der Waals surface area contributed by atoms with Crippen LogP contribution in [0.15, 0.2) is 9.52 Å². The first kappa shape index (κ1) is 8.50. The molecular weight excluding hydrogens is 226 g/mol. The first-order valence-corrected chi connectivity index (χ1v) is 4.93. The lowest BCUT2D eigenvalue weighted by Gasteiger charge is -2.05. The highest BCUT2D eigenvalue weighted by Crippen LogP contribution is 2.79. The Labute approximate surface area is 85.4 Å². The predicted octanol–water partition coefficient (Wildman–Crippen LogP) is 4.03. The minimum atomic E-state index is -0.409. The van der Waals surface area contributed by atoms with Gasteiger partial charge < -0.3 is 0 Å². The number of hydrogen-bond acceptors (Lipinski definition) is 0. The third-order valence-corrected chi connectivity index (χ3v) is 4.57. The van der Waals surface area contributed by atoms with Crippen molar-refractivity contribution in [2.24, 2.45) is 5.41 Å². The third kappa shape index (κ3) is 1.03. The minimum absolute atomic E-state index is 0.116. The molecule has 0 N–H and O–H groups in total. The van der Waals surface area contributed by atoms with E-state index in [-0.39, 0.29) is 9.91 Å². The summed E-state index contributed by atoms with van der Waals surface area (Å²) in [5.41, 5.74) is 0.265. The van der Waals surface area contributed by atoms with Crippen LogP contribution in [0.2, 0.25) is 0 Å². The highest BCUT2D eigenvalue weighted by atomic mass is 35.5. The molecule has 0 saturated heterocycles. The fourth-order valence-electron chi connectivity index (χ4n) is 1.61. The summed E-state index contributed by atoms with van der Waals surface area (Å²) in [5, 5.41) is 0.431. The molecule has 11 heavy (non-hydrogen) atoms. The average molecular weight is 232 g/mol. The number of alkyl halides is 1. The van der Waals surface area contributed by atoms with Crippen molar-refractivity contribution in [1.29, 1.82) is 0 Å². The van der Waals surface area contributed by atoms with Gasteiger partial charge in [0.15, 0.2) is 0 Å². The van der Waals surface area contributed by atoms with E-state index >= 15 is 0 Å². The van der Waals surface area contributed by atoms with Gasteiger partial charge in [-0.05, 0) is 24.7 Å². The number of halogens is 4. The summed E-state index contributed by atoms with van der Waals surface area (Å²) in [4.78, 5) is -0.409. The van der Waals surface area contributed by atoms with Gasteiger partial charge in [-0.15, -0.1) is 11.6 Å².